The second kappa shape index (κ2) is 7.73. The molecule has 0 unspecified atom stereocenters. The largest absolute Gasteiger partial charge is 0.503 e. The van der Waals surface area contributed by atoms with Crippen molar-refractivity contribution in [1.82, 2.24) is 0 Å². The molecule has 0 atom stereocenters. The van der Waals surface area contributed by atoms with Gasteiger partial charge in [0.25, 0.3) is 6.71 Å². The van der Waals surface area contributed by atoms with Gasteiger partial charge >= 0.3 is 0 Å². The van der Waals surface area contributed by atoms with Crippen LogP contribution in [-0.4, -0.2) is 44.1 Å². The van der Waals surface area contributed by atoms with E-state index in [-0.39, 0.29) is 19.8 Å². The zero-order chi connectivity index (χ0) is 12.6. The minimum Gasteiger partial charge on any atom is -0.503 e. The summed E-state index contributed by atoms with van der Waals surface area (Å²) in [6.07, 6.45) is 0. The van der Waals surface area contributed by atoms with Gasteiger partial charge in [0, 0.05) is 0 Å². The van der Waals surface area contributed by atoms with Crippen molar-refractivity contribution in [1.29, 1.82) is 0 Å². The highest BCUT2D eigenvalue weighted by Gasteiger charge is 2.27. The Balaban J connectivity index is 4.68. The molecule has 0 saturated carbocycles. The molecule has 6 nitrogen and oxygen atoms in total. The Kier molecular flexibility index (Phi) is 6.99. The van der Waals surface area contributed by atoms with Gasteiger partial charge in [0.05, 0.1) is 19.8 Å². The molecular weight excluding hydrogens is 215 g/mol. The van der Waals surface area contributed by atoms with Crippen molar-refractivity contribution >= 4 is 24.3 Å². The van der Waals surface area contributed by atoms with E-state index >= 15 is 0 Å². The summed E-state index contributed by atoms with van der Waals surface area (Å²) in [6.45, 7) is 3.32. The first kappa shape index (κ1) is 14.5. The maximum Gasteiger partial charge on any atom is 0.253 e. The van der Waals surface area contributed by atoms with Gasteiger partial charge in [-0.2, -0.15) is 0 Å². The van der Waals surface area contributed by atoms with E-state index in [1.165, 1.54) is 0 Å². The fourth-order valence-electron chi connectivity index (χ4n) is 0.965. The summed E-state index contributed by atoms with van der Waals surface area (Å²) < 4.78 is 13.8. The van der Waals surface area contributed by atoms with Crippen molar-refractivity contribution in [2.75, 3.05) is 19.8 Å². The molecule has 16 heavy (non-hydrogen) atoms. The first-order chi connectivity index (χ1) is 7.58. The highest BCUT2D eigenvalue weighted by molar-refractivity contribution is 7.25. The Morgan fingerprint density at radius 3 is 1.19 bits per heavy atom. The number of hydrogen-bond donors (Lipinski definition) is 0. The van der Waals surface area contributed by atoms with E-state index in [0.717, 1.165) is 0 Å². The summed E-state index contributed by atoms with van der Waals surface area (Å²) in [6, 6.07) is 0. The minimum atomic E-state index is -1.64. The monoisotopic (exact) mass is 230 g/mol. The van der Waals surface area contributed by atoms with Crippen LogP contribution in [0.4, 0.5) is 14.4 Å². The Morgan fingerprint density at radius 1 is 0.750 bits per heavy atom. The molecule has 0 aromatic rings. The first-order valence-electron chi connectivity index (χ1n) is 5.08. The molecule has 0 bridgehead atoms. The van der Waals surface area contributed by atoms with E-state index in [1.54, 1.807) is 20.8 Å². The Labute approximate surface area is 94.3 Å². The van der Waals surface area contributed by atoms with E-state index in [9.17, 15) is 14.4 Å². The van der Waals surface area contributed by atoms with Crippen LogP contribution < -0.4 is 0 Å². The topological polar surface area (TPSA) is 78.9 Å². The Hall–Kier alpha value is -1.53. The molecule has 0 aliphatic rings. The summed E-state index contributed by atoms with van der Waals surface area (Å²) in [7, 11) is 0. The molecule has 0 amide bonds. The lowest BCUT2D eigenvalue weighted by molar-refractivity contribution is 0.161. The number of carbonyl (C=O) groups is 3. The van der Waals surface area contributed by atoms with Gasteiger partial charge in [0.2, 0.25) is 0 Å². The van der Waals surface area contributed by atoms with Crippen LogP contribution in [0.15, 0.2) is 0 Å². The van der Waals surface area contributed by atoms with Gasteiger partial charge in [-0.05, 0) is 20.8 Å². The van der Waals surface area contributed by atoms with E-state index in [0.29, 0.717) is 0 Å². The van der Waals surface area contributed by atoms with Crippen molar-refractivity contribution in [3.63, 3.8) is 0 Å². The molecule has 7 heteroatoms. The summed E-state index contributed by atoms with van der Waals surface area (Å²) in [4.78, 5) is 34.1. The number of rotatable bonds is 6. The number of hydrogen-bond acceptors (Lipinski definition) is 6. The van der Waals surface area contributed by atoms with Crippen LogP contribution in [0.2, 0.25) is 0 Å². The van der Waals surface area contributed by atoms with E-state index in [1.807, 2.05) is 0 Å². The first-order valence-corrected chi connectivity index (χ1v) is 5.08. The summed E-state index contributed by atoms with van der Waals surface area (Å²) >= 11 is 0. The molecular formula is C9H15BO6-. The van der Waals surface area contributed by atoms with Gasteiger partial charge in [0.15, 0.2) is 0 Å². The van der Waals surface area contributed by atoms with Crippen LogP contribution in [0, 0.1) is 0 Å². The third kappa shape index (κ3) is 4.33. The SMILES string of the molecule is CCOC(=O)[B-](C(=O)OCC)C(=O)OCC. The zero-order valence-corrected chi connectivity index (χ0v) is 9.65. The summed E-state index contributed by atoms with van der Waals surface area (Å²) in [5.74, 6) is -2.84. The van der Waals surface area contributed by atoms with Crippen molar-refractivity contribution in [3.05, 3.63) is 0 Å². The second-order valence-electron chi connectivity index (χ2n) is 2.69. The van der Waals surface area contributed by atoms with Gasteiger partial charge in [-0.15, -0.1) is 0 Å². The standard InChI is InChI=1S/C9H15BO6/c1-4-14-7(11)10(8(12)15-5-2)9(13)16-6-3/h4-6H2,1-3H3/q-1. The van der Waals surface area contributed by atoms with Crippen molar-refractivity contribution in [3.8, 4) is 0 Å². The van der Waals surface area contributed by atoms with Gasteiger partial charge in [-0.25, -0.2) is 0 Å². The third-order valence-electron chi connectivity index (χ3n) is 1.57. The van der Waals surface area contributed by atoms with Crippen molar-refractivity contribution in [2.45, 2.75) is 20.8 Å². The minimum absolute atomic E-state index is 0.0775. The molecule has 0 spiro atoms. The molecule has 0 saturated heterocycles. The molecule has 91 valence electrons. The lowest BCUT2D eigenvalue weighted by atomic mass is 9.49. The molecule has 0 aromatic carbocycles. The summed E-state index contributed by atoms with van der Waals surface area (Å²) in [5.41, 5.74) is 0. The zero-order valence-electron chi connectivity index (χ0n) is 9.65. The predicted molar refractivity (Wildman–Crippen MR) is 56.8 cm³/mol. The van der Waals surface area contributed by atoms with Crippen LogP contribution in [0.5, 0.6) is 0 Å². The molecule has 0 aliphatic heterocycles. The average Bonchev–Trinajstić information content (AvgIpc) is 2.19. The quantitative estimate of drug-likeness (QED) is 0.510. The normalized spacial score (nSPS) is 9.75. The Morgan fingerprint density at radius 2 is 1.00 bits per heavy atom. The van der Waals surface area contributed by atoms with Crippen LogP contribution >= 0.6 is 0 Å². The van der Waals surface area contributed by atoms with Crippen molar-refractivity contribution < 1.29 is 28.6 Å². The predicted octanol–water partition coefficient (Wildman–Crippen LogP) is 1.70. The molecule has 0 rings (SSSR count). The van der Waals surface area contributed by atoms with Gasteiger partial charge in [-0.3, -0.25) is 0 Å². The van der Waals surface area contributed by atoms with Crippen molar-refractivity contribution in [2.24, 2.45) is 0 Å². The lowest BCUT2D eigenvalue weighted by Gasteiger charge is -2.21. The van der Waals surface area contributed by atoms with E-state index in [2.05, 4.69) is 14.2 Å². The molecule has 0 aromatic heterocycles. The van der Waals surface area contributed by atoms with E-state index in [4.69, 9.17) is 0 Å². The van der Waals surface area contributed by atoms with Crippen LogP contribution in [0.3, 0.4) is 0 Å². The van der Waals surface area contributed by atoms with Gasteiger partial charge < -0.3 is 28.6 Å². The van der Waals surface area contributed by atoms with Gasteiger partial charge in [0.1, 0.15) is 17.6 Å². The second-order valence-corrected chi connectivity index (χ2v) is 2.69. The highest BCUT2D eigenvalue weighted by Crippen LogP contribution is 2.01. The lowest BCUT2D eigenvalue weighted by Crippen LogP contribution is -2.44. The maximum absolute atomic E-state index is 11.4. The Bertz CT molecular complexity index is 222. The molecule has 0 fully saturated rings. The highest BCUT2D eigenvalue weighted by atomic mass is 16.6. The fourth-order valence-corrected chi connectivity index (χ4v) is 0.965. The summed E-state index contributed by atoms with van der Waals surface area (Å²) in [5, 5.41) is 0. The van der Waals surface area contributed by atoms with Gasteiger partial charge in [-0.1, -0.05) is 0 Å². The number of carbonyl (C=O) groups excluding carboxylic acids is 3. The van der Waals surface area contributed by atoms with Crippen LogP contribution in [0.25, 0.3) is 0 Å². The molecule has 0 aliphatic carbocycles. The fraction of sp³-hybridized carbons (Fsp3) is 0.667. The van der Waals surface area contributed by atoms with Crippen LogP contribution in [-0.2, 0) is 14.2 Å². The third-order valence-corrected chi connectivity index (χ3v) is 1.57. The van der Waals surface area contributed by atoms with E-state index < -0.39 is 24.3 Å². The number of ether oxygens (including phenoxy) is 3. The van der Waals surface area contributed by atoms with Crippen LogP contribution in [0.1, 0.15) is 20.8 Å². The molecule has 1 radical (unpaired) electrons. The molecule has 0 N–H and O–H groups in total. The molecule has 0 heterocycles. The average molecular weight is 230 g/mol. The maximum atomic E-state index is 11.4. The smallest absolute Gasteiger partial charge is 0.253 e.